The number of hydrogen-bond acceptors (Lipinski definition) is 3. The van der Waals surface area contributed by atoms with Crippen molar-refractivity contribution in [3.63, 3.8) is 0 Å². The van der Waals surface area contributed by atoms with Crippen LogP contribution in [-0.4, -0.2) is 0 Å². The summed E-state index contributed by atoms with van der Waals surface area (Å²) in [7, 11) is 0. The maximum atomic E-state index is 5.94. The van der Waals surface area contributed by atoms with Crippen molar-refractivity contribution in [3.8, 4) is 0 Å². The van der Waals surface area contributed by atoms with E-state index in [9.17, 15) is 0 Å². The molecule has 0 amide bonds. The van der Waals surface area contributed by atoms with Gasteiger partial charge in [0.25, 0.3) is 0 Å². The number of aryl methyl sites for hydroxylation is 1. The van der Waals surface area contributed by atoms with Crippen LogP contribution in [0.3, 0.4) is 0 Å². The van der Waals surface area contributed by atoms with Crippen LogP contribution in [0.1, 0.15) is 35.2 Å². The fourth-order valence-corrected chi connectivity index (χ4v) is 3.52. The van der Waals surface area contributed by atoms with Gasteiger partial charge < -0.3 is 5.32 Å². The molecule has 0 saturated heterocycles. The zero-order valence-corrected chi connectivity index (χ0v) is 12.4. The molecule has 2 heterocycles. The van der Waals surface area contributed by atoms with Gasteiger partial charge in [-0.15, -0.1) is 22.7 Å². The van der Waals surface area contributed by atoms with Crippen molar-refractivity contribution in [2.45, 2.75) is 32.9 Å². The fraction of sp³-hybridized carbons (Fsp3) is 0.385. The summed E-state index contributed by atoms with van der Waals surface area (Å²) < 4.78 is 0.859. The molecule has 2 aromatic heterocycles. The first-order valence-electron chi connectivity index (χ1n) is 5.74. The van der Waals surface area contributed by atoms with E-state index >= 15 is 0 Å². The highest BCUT2D eigenvalue weighted by molar-refractivity contribution is 7.14. The summed E-state index contributed by atoms with van der Waals surface area (Å²) in [6.07, 6.45) is 1.13. The third kappa shape index (κ3) is 3.55. The normalized spacial score (nSPS) is 12.9. The highest BCUT2D eigenvalue weighted by Gasteiger charge is 2.07. The van der Waals surface area contributed by atoms with Crippen molar-refractivity contribution in [2.75, 3.05) is 0 Å². The number of halogens is 1. The van der Waals surface area contributed by atoms with Gasteiger partial charge in [0.2, 0.25) is 0 Å². The third-order valence-electron chi connectivity index (χ3n) is 2.74. The SMILES string of the molecule is CCc1ccc(CNC(C)c2csc(Cl)c2)s1. The van der Waals surface area contributed by atoms with E-state index in [2.05, 4.69) is 36.7 Å². The molecule has 0 aromatic carbocycles. The first-order valence-corrected chi connectivity index (χ1v) is 7.81. The van der Waals surface area contributed by atoms with Crippen molar-refractivity contribution < 1.29 is 0 Å². The Labute approximate surface area is 115 Å². The van der Waals surface area contributed by atoms with Gasteiger partial charge in [0, 0.05) is 22.3 Å². The highest BCUT2D eigenvalue weighted by Crippen LogP contribution is 2.25. The molecule has 17 heavy (non-hydrogen) atoms. The van der Waals surface area contributed by atoms with Crippen LogP contribution >= 0.6 is 34.3 Å². The van der Waals surface area contributed by atoms with Gasteiger partial charge in [0.15, 0.2) is 0 Å². The lowest BCUT2D eigenvalue weighted by Crippen LogP contribution is -2.16. The Hall–Kier alpha value is -0.350. The van der Waals surface area contributed by atoms with E-state index in [4.69, 9.17) is 11.6 Å². The highest BCUT2D eigenvalue weighted by atomic mass is 35.5. The van der Waals surface area contributed by atoms with E-state index in [0.29, 0.717) is 6.04 Å². The molecule has 0 aliphatic rings. The smallest absolute Gasteiger partial charge is 0.0931 e. The maximum Gasteiger partial charge on any atom is 0.0931 e. The zero-order valence-electron chi connectivity index (χ0n) is 10.00. The van der Waals surface area contributed by atoms with Crippen molar-refractivity contribution >= 4 is 34.3 Å². The molecule has 1 nitrogen and oxygen atoms in total. The van der Waals surface area contributed by atoms with Crippen molar-refractivity contribution in [3.05, 3.63) is 43.2 Å². The van der Waals surface area contributed by atoms with Crippen LogP contribution in [0.4, 0.5) is 0 Å². The molecule has 0 aliphatic heterocycles. The summed E-state index contributed by atoms with van der Waals surface area (Å²) in [4.78, 5) is 2.85. The number of rotatable bonds is 5. The van der Waals surface area contributed by atoms with E-state index in [1.807, 2.05) is 17.4 Å². The largest absolute Gasteiger partial charge is 0.305 e. The summed E-state index contributed by atoms with van der Waals surface area (Å²) in [6, 6.07) is 6.82. The van der Waals surface area contributed by atoms with Gasteiger partial charge in [-0.1, -0.05) is 18.5 Å². The molecule has 92 valence electrons. The molecule has 2 aromatic rings. The van der Waals surface area contributed by atoms with Gasteiger partial charge in [-0.05, 0) is 42.5 Å². The molecular weight excluding hydrogens is 270 g/mol. The third-order valence-corrected chi connectivity index (χ3v) is 5.07. The van der Waals surface area contributed by atoms with E-state index < -0.39 is 0 Å². The minimum atomic E-state index is 0.353. The Morgan fingerprint density at radius 3 is 2.71 bits per heavy atom. The topological polar surface area (TPSA) is 12.0 Å². The lowest BCUT2D eigenvalue weighted by atomic mass is 10.2. The van der Waals surface area contributed by atoms with E-state index in [1.54, 1.807) is 11.3 Å². The Bertz CT molecular complexity index is 475. The van der Waals surface area contributed by atoms with Gasteiger partial charge in [-0.25, -0.2) is 0 Å². The monoisotopic (exact) mass is 285 g/mol. The Morgan fingerprint density at radius 2 is 2.12 bits per heavy atom. The summed E-state index contributed by atoms with van der Waals surface area (Å²) in [5.41, 5.74) is 1.27. The Balaban J connectivity index is 1.89. The first kappa shape index (κ1) is 13.1. The zero-order chi connectivity index (χ0) is 12.3. The maximum absolute atomic E-state index is 5.94. The number of thiophene rings is 2. The average Bonchev–Trinajstić information content (AvgIpc) is 2.94. The molecule has 1 atom stereocenters. The van der Waals surface area contributed by atoms with Crippen LogP contribution in [0.2, 0.25) is 4.34 Å². The lowest BCUT2D eigenvalue weighted by molar-refractivity contribution is 0.580. The van der Waals surface area contributed by atoms with Crippen molar-refractivity contribution in [1.29, 1.82) is 0 Å². The molecular formula is C13H16ClNS2. The van der Waals surface area contributed by atoms with Gasteiger partial charge in [-0.2, -0.15) is 0 Å². The van der Waals surface area contributed by atoms with Gasteiger partial charge in [0.05, 0.1) is 4.34 Å². The lowest BCUT2D eigenvalue weighted by Gasteiger charge is -2.11. The van der Waals surface area contributed by atoms with Crippen molar-refractivity contribution in [1.82, 2.24) is 5.32 Å². The standard InChI is InChI=1S/C13H16ClNS2/c1-3-11-4-5-12(17-11)7-15-9(2)10-6-13(14)16-8-10/h4-6,8-9,15H,3,7H2,1-2H3. The van der Waals surface area contributed by atoms with Crippen LogP contribution in [0.5, 0.6) is 0 Å². The second-order valence-electron chi connectivity index (χ2n) is 4.01. The predicted octanol–water partition coefficient (Wildman–Crippen LogP) is 4.88. The molecule has 0 bridgehead atoms. The van der Waals surface area contributed by atoms with Crippen LogP contribution in [0.25, 0.3) is 0 Å². The second kappa shape index (κ2) is 6.01. The Morgan fingerprint density at radius 1 is 1.35 bits per heavy atom. The minimum absolute atomic E-state index is 0.353. The molecule has 0 spiro atoms. The number of nitrogens with one attached hydrogen (secondary N) is 1. The van der Waals surface area contributed by atoms with E-state index in [1.165, 1.54) is 15.3 Å². The molecule has 0 saturated carbocycles. The summed E-state index contributed by atoms with van der Waals surface area (Å²) >= 11 is 9.42. The van der Waals surface area contributed by atoms with E-state index in [0.717, 1.165) is 17.3 Å². The van der Waals surface area contributed by atoms with Crippen LogP contribution in [0, 0.1) is 0 Å². The van der Waals surface area contributed by atoms with Crippen LogP contribution in [-0.2, 0) is 13.0 Å². The fourth-order valence-electron chi connectivity index (χ4n) is 1.63. The first-order chi connectivity index (χ1) is 8.19. The summed E-state index contributed by atoms with van der Waals surface area (Å²) in [6.45, 7) is 5.30. The predicted molar refractivity (Wildman–Crippen MR) is 78.3 cm³/mol. The van der Waals surface area contributed by atoms with E-state index in [-0.39, 0.29) is 0 Å². The Kier molecular flexibility index (Phi) is 4.62. The quantitative estimate of drug-likeness (QED) is 0.826. The molecule has 4 heteroatoms. The summed E-state index contributed by atoms with van der Waals surface area (Å²) in [5, 5.41) is 5.64. The average molecular weight is 286 g/mol. The van der Waals surface area contributed by atoms with Gasteiger partial charge in [-0.3, -0.25) is 0 Å². The van der Waals surface area contributed by atoms with Gasteiger partial charge in [0.1, 0.15) is 0 Å². The van der Waals surface area contributed by atoms with Crippen LogP contribution < -0.4 is 5.32 Å². The number of hydrogen-bond donors (Lipinski definition) is 1. The summed E-state index contributed by atoms with van der Waals surface area (Å²) in [5.74, 6) is 0. The molecule has 1 N–H and O–H groups in total. The molecule has 2 rings (SSSR count). The molecule has 0 fully saturated rings. The van der Waals surface area contributed by atoms with Gasteiger partial charge >= 0.3 is 0 Å². The van der Waals surface area contributed by atoms with Crippen LogP contribution in [0.15, 0.2) is 23.6 Å². The molecule has 1 unspecified atom stereocenters. The second-order valence-corrected chi connectivity index (χ2v) is 6.80. The molecule has 0 radical (unpaired) electrons. The minimum Gasteiger partial charge on any atom is -0.305 e. The molecule has 0 aliphatic carbocycles. The van der Waals surface area contributed by atoms with Crippen molar-refractivity contribution in [2.24, 2.45) is 0 Å².